The van der Waals surface area contributed by atoms with E-state index in [1.54, 1.807) is 6.08 Å². The van der Waals surface area contributed by atoms with Gasteiger partial charge in [0.25, 0.3) is 5.91 Å². The number of hydrogen-bond donors (Lipinski definition) is 1. The summed E-state index contributed by atoms with van der Waals surface area (Å²) in [6, 6.07) is 15.5. The van der Waals surface area contributed by atoms with E-state index in [4.69, 9.17) is 0 Å². The highest BCUT2D eigenvalue weighted by Crippen LogP contribution is 2.18. The zero-order valence-electron chi connectivity index (χ0n) is 14.4. The number of aryl methyl sites for hydroxylation is 2. The van der Waals surface area contributed by atoms with E-state index in [1.165, 1.54) is 0 Å². The van der Waals surface area contributed by atoms with Crippen LogP contribution in [0.1, 0.15) is 16.7 Å². The molecule has 2 aromatic rings. The smallest absolute Gasteiger partial charge is 0.266 e. The van der Waals surface area contributed by atoms with Crippen LogP contribution in [0, 0.1) is 25.2 Å². The molecule has 0 radical (unpaired) electrons. The predicted octanol–water partition coefficient (Wildman–Crippen LogP) is 3.92. The molecule has 0 fully saturated rings. The van der Waals surface area contributed by atoms with Crippen LogP contribution in [0.15, 0.2) is 48.0 Å². The first-order chi connectivity index (χ1) is 11.4. The van der Waals surface area contributed by atoms with Crippen molar-refractivity contribution in [3.63, 3.8) is 0 Å². The van der Waals surface area contributed by atoms with Crippen molar-refractivity contribution in [2.24, 2.45) is 0 Å². The minimum atomic E-state index is -0.400. The first-order valence-corrected chi connectivity index (χ1v) is 7.68. The Hall–Kier alpha value is -3.06. The van der Waals surface area contributed by atoms with E-state index in [1.807, 2.05) is 81.4 Å². The minimum absolute atomic E-state index is 0.0773. The summed E-state index contributed by atoms with van der Waals surface area (Å²) in [5.74, 6) is -0.400. The van der Waals surface area contributed by atoms with Crippen molar-refractivity contribution in [1.82, 2.24) is 0 Å². The van der Waals surface area contributed by atoms with Gasteiger partial charge in [0.15, 0.2) is 0 Å². The van der Waals surface area contributed by atoms with Gasteiger partial charge in [-0.15, -0.1) is 0 Å². The lowest BCUT2D eigenvalue weighted by molar-refractivity contribution is -0.112. The van der Waals surface area contributed by atoms with Crippen LogP contribution >= 0.6 is 0 Å². The lowest BCUT2D eigenvalue weighted by atomic mass is 10.1. The third kappa shape index (κ3) is 4.23. The Balaban J connectivity index is 2.22. The molecule has 2 rings (SSSR count). The van der Waals surface area contributed by atoms with Gasteiger partial charge in [-0.05, 0) is 54.8 Å². The largest absolute Gasteiger partial charge is 0.378 e. The summed E-state index contributed by atoms with van der Waals surface area (Å²) in [7, 11) is 3.92. The van der Waals surface area contributed by atoms with E-state index in [0.29, 0.717) is 0 Å². The van der Waals surface area contributed by atoms with Gasteiger partial charge in [-0.1, -0.05) is 24.3 Å². The van der Waals surface area contributed by atoms with Crippen molar-refractivity contribution in [2.75, 3.05) is 24.3 Å². The molecule has 4 nitrogen and oxygen atoms in total. The Kier molecular flexibility index (Phi) is 5.39. The number of anilines is 2. The number of carbonyl (C=O) groups excluding carboxylic acids is 1. The van der Waals surface area contributed by atoms with E-state index < -0.39 is 5.91 Å². The standard InChI is InChI=1S/C20H21N3O/c1-14-5-6-15(2)19(11-14)22-20(24)17(13-21)12-16-7-9-18(10-8-16)23(3)4/h5-12H,1-4H3,(H,22,24)/b17-12+. The van der Waals surface area contributed by atoms with Crippen molar-refractivity contribution in [1.29, 1.82) is 5.26 Å². The summed E-state index contributed by atoms with van der Waals surface area (Å²) in [5, 5.41) is 12.1. The van der Waals surface area contributed by atoms with Gasteiger partial charge < -0.3 is 10.2 Å². The molecule has 1 amide bonds. The number of benzene rings is 2. The molecule has 4 heteroatoms. The van der Waals surface area contributed by atoms with E-state index in [9.17, 15) is 10.1 Å². The second-order valence-corrected chi connectivity index (χ2v) is 5.93. The van der Waals surface area contributed by atoms with Crippen LogP contribution in [0.25, 0.3) is 6.08 Å². The van der Waals surface area contributed by atoms with Crippen molar-refractivity contribution in [2.45, 2.75) is 13.8 Å². The first-order valence-electron chi connectivity index (χ1n) is 7.68. The van der Waals surface area contributed by atoms with Crippen LogP contribution in [0.5, 0.6) is 0 Å². The summed E-state index contributed by atoms with van der Waals surface area (Å²) < 4.78 is 0. The molecule has 0 aliphatic rings. The van der Waals surface area contributed by atoms with E-state index in [2.05, 4.69) is 5.32 Å². The highest BCUT2D eigenvalue weighted by Gasteiger charge is 2.11. The Morgan fingerprint density at radius 3 is 2.38 bits per heavy atom. The second kappa shape index (κ2) is 7.47. The van der Waals surface area contributed by atoms with Gasteiger partial charge in [-0.2, -0.15) is 5.26 Å². The van der Waals surface area contributed by atoms with Crippen molar-refractivity contribution in [3.8, 4) is 6.07 Å². The van der Waals surface area contributed by atoms with Crippen molar-refractivity contribution in [3.05, 3.63) is 64.7 Å². The Labute approximate surface area is 143 Å². The lowest BCUT2D eigenvalue weighted by Gasteiger charge is -2.12. The molecule has 0 aliphatic heterocycles. The van der Waals surface area contributed by atoms with Gasteiger partial charge in [-0.25, -0.2) is 0 Å². The molecular formula is C20H21N3O. The number of nitriles is 1. The molecule has 0 saturated carbocycles. The quantitative estimate of drug-likeness (QED) is 0.686. The fourth-order valence-electron chi connectivity index (χ4n) is 2.24. The Bertz CT molecular complexity index is 812. The maximum atomic E-state index is 12.4. The summed E-state index contributed by atoms with van der Waals surface area (Å²) in [6.07, 6.45) is 1.60. The summed E-state index contributed by atoms with van der Waals surface area (Å²) >= 11 is 0. The van der Waals surface area contributed by atoms with Crippen LogP contribution in [0.3, 0.4) is 0 Å². The normalized spacial score (nSPS) is 10.9. The van der Waals surface area contributed by atoms with Gasteiger partial charge in [0.2, 0.25) is 0 Å². The number of nitrogens with zero attached hydrogens (tertiary/aromatic N) is 2. The fourth-order valence-corrected chi connectivity index (χ4v) is 2.24. The third-order valence-electron chi connectivity index (χ3n) is 3.73. The van der Waals surface area contributed by atoms with Crippen LogP contribution in [-0.4, -0.2) is 20.0 Å². The highest BCUT2D eigenvalue weighted by molar-refractivity contribution is 6.10. The molecule has 0 bridgehead atoms. The molecule has 122 valence electrons. The maximum Gasteiger partial charge on any atom is 0.266 e. The maximum absolute atomic E-state index is 12.4. The SMILES string of the molecule is Cc1ccc(C)c(NC(=O)/C(C#N)=C/c2ccc(N(C)C)cc2)c1. The topological polar surface area (TPSA) is 56.1 Å². The summed E-state index contributed by atoms with van der Waals surface area (Å²) in [6.45, 7) is 3.88. The van der Waals surface area contributed by atoms with Crippen LogP contribution < -0.4 is 10.2 Å². The van der Waals surface area contributed by atoms with Crippen LogP contribution in [0.4, 0.5) is 11.4 Å². The van der Waals surface area contributed by atoms with Crippen molar-refractivity contribution < 1.29 is 4.79 Å². The van der Waals surface area contributed by atoms with Gasteiger partial charge >= 0.3 is 0 Å². The number of hydrogen-bond acceptors (Lipinski definition) is 3. The molecule has 0 aliphatic carbocycles. The second-order valence-electron chi connectivity index (χ2n) is 5.93. The summed E-state index contributed by atoms with van der Waals surface area (Å²) in [4.78, 5) is 14.4. The molecule has 0 saturated heterocycles. The molecule has 1 N–H and O–H groups in total. The molecule has 2 aromatic carbocycles. The average Bonchev–Trinajstić information content (AvgIpc) is 2.56. The van der Waals surface area contributed by atoms with Crippen molar-refractivity contribution >= 4 is 23.4 Å². The van der Waals surface area contributed by atoms with E-state index >= 15 is 0 Å². The first kappa shape index (κ1) is 17.3. The average molecular weight is 319 g/mol. The number of amides is 1. The highest BCUT2D eigenvalue weighted by atomic mass is 16.1. The summed E-state index contributed by atoms with van der Waals surface area (Å²) in [5.41, 5.74) is 4.69. The molecule has 0 heterocycles. The zero-order valence-corrected chi connectivity index (χ0v) is 14.4. The number of nitrogens with one attached hydrogen (secondary N) is 1. The molecule has 0 unspecified atom stereocenters. The van der Waals surface area contributed by atoms with E-state index in [-0.39, 0.29) is 5.57 Å². The Morgan fingerprint density at radius 1 is 1.12 bits per heavy atom. The zero-order chi connectivity index (χ0) is 17.7. The predicted molar refractivity (Wildman–Crippen MR) is 98.9 cm³/mol. The fraction of sp³-hybridized carbons (Fsp3) is 0.200. The Morgan fingerprint density at radius 2 is 1.79 bits per heavy atom. The molecular weight excluding hydrogens is 298 g/mol. The molecule has 0 atom stereocenters. The van der Waals surface area contributed by atoms with Gasteiger partial charge in [0.05, 0.1) is 0 Å². The third-order valence-corrected chi connectivity index (χ3v) is 3.73. The molecule has 0 aromatic heterocycles. The van der Waals surface area contributed by atoms with Gasteiger partial charge in [0.1, 0.15) is 11.6 Å². The monoisotopic (exact) mass is 319 g/mol. The number of rotatable bonds is 4. The van der Waals surface area contributed by atoms with Gasteiger partial charge in [-0.3, -0.25) is 4.79 Å². The van der Waals surface area contributed by atoms with Crippen LogP contribution in [0.2, 0.25) is 0 Å². The number of carbonyl (C=O) groups is 1. The van der Waals surface area contributed by atoms with E-state index in [0.717, 1.165) is 28.1 Å². The molecule has 0 spiro atoms. The molecule has 24 heavy (non-hydrogen) atoms. The minimum Gasteiger partial charge on any atom is -0.378 e. The van der Waals surface area contributed by atoms with Crippen LogP contribution in [-0.2, 0) is 4.79 Å². The van der Waals surface area contributed by atoms with Gasteiger partial charge in [0, 0.05) is 25.5 Å². The lowest BCUT2D eigenvalue weighted by Crippen LogP contribution is -2.14.